The number of carbonyl (C=O) groups is 1. The van der Waals surface area contributed by atoms with Crippen LogP contribution >= 0.6 is 0 Å². The van der Waals surface area contributed by atoms with Crippen LogP contribution in [0.4, 0.5) is 26.3 Å². The molecule has 1 aromatic rings. The molecule has 0 fully saturated rings. The van der Waals surface area contributed by atoms with E-state index in [1.807, 2.05) is 0 Å². The number of hydrogen-bond donors (Lipinski definition) is 1. The fourth-order valence-electron chi connectivity index (χ4n) is 2.11. The third-order valence-electron chi connectivity index (χ3n) is 4.83. The summed E-state index contributed by atoms with van der Waals surface area (Å²) in [5.41, 5.74) is -0.457. The standard InChI is InChI=1S/C17H20F6O10S3/c1-4-14(2,3)13(24)32-10-9-11-5-7-12(8-6-11)33-34(25,26)16(20,21)15(18,19)17(22,23)35(27,28)36(29,30)31/h5-8H,4,9-10H2,1-3H3,(H,29,30,31). The van der Waals surface area contributed by atoms with Gasteiger partial charge in [-0.2, -0.15) is 43.2 Å². The van der Waals surface area contributed by atoms with E-state index >= 15 is 0 Å². The molecule has 0 aromatic heterocycles. The summed E-state index contributed by atoms with van der Waals surface area (Å²) < 4.78 is 166. The lowest BCUT2D eigenvalue weighted by Gasteiger charge is -2.30. The third-order valence-corrected chi connectivity index (χ3v) is 9.85. The van der Waals surface area contributed by atoms with Gasteiger partial charge in [-0.3, -0.25) is 9.35 Å². The fourth-order valence-corrected chi connectivity index (χ4v) is 4.90. The van der Waals surface area contributed by atoms with Crippen molar-refractivity contribution in [3.63, 3.8) is 0 Å². The summed E-state index contributed by atoms with van der Waals surface area (Å²) in [6.45, 7) is 4.87. The maximum absolute atomic E-state index is 14.0. The predicted molar refractivity (Wildman–Crippen MR) is 110 cm³/mol. The zero-order chi connectivity index (χ0) is 28.6. The first-order valence-electron chi connectivity index (χ1n) is 9.44. The highest BCUT2D eigenvalue weighted by atomic mass is 33.2. The van der Waals surface area contributed by atoms with Crippen LogP contribution in [0.25, 0.3) is 0 Å². The molecule has 0 heterocycles. The highest BCUT2D eigenvalue weighted by Gasteiger charge is 2.84. The lowest BCUT2D eigenvalue weighted by Crippen LogP contribution is -2.62. The SMILES string of the molecule is CCC(C)(C)C(=O)OCCc1ccc(OS(=O)(=O)C(F)(F)C(F)(F)C(F)(F)S(=O)(=O)S(=O)(=O)O)cc1. The molecular weight excluding hydrogens is 574 g/mol. The molecular formula is C17H20F6O10S3. The van der Waals surface area contributed by atoms with E-state index in [0.717, 1.165) is 12.1 Å². The van der Waals surface area contributed by atoms with Crippen LogP contribution in [0.2, 0.25) is 0 Å². The molecule has 0 aliphatic rings. The van der Waals surface area contributed by atoms with Crippen molar-refractivity contribution < 1.29 is 69.9 Å². The minimum Gasteiger partial charge on any atom is -0.465 e. The van der Waals surface area contributed by atoms with Crippen molar-refractivity contribution in [2.24, 2.45) is 5.41 Å². The summed E-state index contributed by atoms with van der Waals surface area (Å²) >= 11 is 0. The van der Waals surface area contributed by atoms with Crippen LogP contribution in [0.1, 0.15) is 32.8 Å². The zero-order valence-corrected chi connectivity index (χ0v) is 21.0. The van der Waals surface area contributed by atoms with Gasteiger partial charge >= 0.3 is 50.5 Å². The van der Waals surface area contributed by atoms with E-state index in [1.165, 1.54) is 0 Å². The first-order chi connectivity index (χ1) is 15.9. The molecule has 0 aliphatic carbocycles. The first kappa shape index (κ1) is 31.9. The molecule has 10 nitrogen and oxygen atoms in total. The molecule has 0 unspecified atom stereocenters. The summed E-state index contributed by atoms with van der Waals surface area (Å²) in [7, 11) is -22.0. The van der Waals surface area contributed by atoms with Crippen LogP contribution in [0.5, 0.6) is 5.75 Å². The van der Waals surface area contributed by atoms with E-state index < -0.39 is 61.7 Å². The molecule has 208 valence electrons. The molecule has 0 saturated heterocycles. The van der Waals surface area contributed by atoms with Gasteiger partial charge in [0.1, 0.15) is 5.75 Å². The summed E-state index contributed by atoms with van der Waals surface area (Å²) in [5.74, 6) is -9.05. The molecule has 0 spiro atoms. The predicted octanol–water partition coefficient (Wildman–Crippen LogP) is 2.96. The summed E-state index contributed by atoms with van der Waals surface area (Å²) in [5, 5.41) is -14.3. The van der Waals surface area contributed by atoms with Crippen LogP contribution in [0, 0.1) is 5.41 Å². The number of ether oxygens (including phenoxy) is 1. The largest absolute Gasteiger partial charge is 0.465 e. The third kappa shape index (κ3) is 5.72. The second-order valence-corrected chi connectivity index (χ2v) is 14.2. The number of rotatable bonds is 12. The van der Waals surface area contributed by atoms with Crippen molar-refractivity contribution in [2.45, 2.75) is 50.0 Å². The Labute approximate surface area is 201 Å². The van der Waals surface area contributed by atoms with Crippen molar-refractivity contribution in [1.29, 1.82) is 0 Å². The first-order valence-corrected chi connectivity index (χ1v) is 14.3. The van der Waals surface area contributed by atoms with Gasteiger partial charge in [0.25, 0.3) is 0 Å². The maximum atomic E-state index is 14.0. The molecule has 1 rings (SSSR count). The minimum atomic E-state index is -7.77. The van der Waals surface area contributed by atoms with E-state index in [0.29, 0.717) is 24.1 Å². The molecule has 0 aliphatic heterocycles. The average molecular weight is 595 g/mol. The number of benzene rings is 1. The van der Waals surface area contributed by atoms with Gasteiger partial charge in [0.2, 0.25) is 0 Å². The van der Waals surface area contributed by atoms with Gasteiger partial charge in [-0.1, -0.05) is 19.1 Å². The Balaban J connectivity index is 3.11. The number of hydrogen-bond acceptors (Lipinski definition) is 9. The monoisotopic (exact) mass is 594 g/mol. The fraction of sp³-hybridized carbons (Fsp3) is 0.588. The van der Waals surface area contributed by atoms with Crippen molar-refractivity contribution in [2.75, 3.05) is 6.61 Å². The highest BCUT2D eigenvalue weighted by Crippen LogP contribution is 2.52. The topological polar surface area (TPSA) is 158 Å². The quantitative estimate of drug-likeness (QED) is 0.125. The van der Waals surface area contributed by atoms with Gasteiger partial charge in [-0.05, 0) is 38.0 Å². The van der Waals surface area contributed by atoms with Gasteiger partial charge in [0.15, 0.2) is 0 Å². The van der Waals surface area contributed by atoms with Gasteiger partial charge in [0, 0.05) is 6.42 Å². The Hall–Kier alpha value is -2.12. The van der Waals surface area contributed by atoms with Crippen molar-refractivity contribution in [3.8, 4) is 5.75 Å². The molecule has 36 heavy (non-hydrogen) atoms. The normalized spacial score (nSPS) is 14.4. The molecule has 19 heteroatoms. The van der Waals surface area contributed by atoms with E-state index in [-0.39, 0.29) is 13.0 Å². The molecule has 1 aromatic carbocycles. The molecule has 0 atom stereocenters. The van der Waals surface area contributed by atoms with Gasteiger partial charge in [-0.15, -0.1) is 0 Å². The smallest absolute Gasteiger partial charge is 0.450 e. The molecule has 0 radical (unpaired) electrons. The second kappa shape index (κ2) is 9.97. The Morgan fingerprint density at radius 1 is 0.889 bits per heavy atom. The Bertz CT molecular complexity index is 1290. The summed E-state index contributed by atoms with van der Waals surface area (Å²) in [4.78, 5) is 11.9. The number of halogens is 6. The van der Waals surface area contributed by atoms with Crippen LogP contribution in [-0.4, -0.2) is 58.8 Å². The van der Waals surface area contributed by atoms with Crippen LogP contribution in [-0.2, 0) is 44.1 Å². The molecule has 0 saturated carbocycles. The van der Waals surface area contributed by atoms with E-state index in [9.17, 15) is 56.4 Å². The Morgan fingerprint density at radius 3 is 1.78 bits per heavy atom. The van der Waals surface area contributed by atoms with E-state index in [4.69, 9.17) is 9.29 Å². The van der Waals surface area contributed by atoms with Crippen LogP contribution in [0.15, 0.2) is 24.3 Å². The van der Waals surface area contributed by atoms with Crippen molar-refractivity contribution >= 4 is 34.1 Å². The lowest BCUT2D eigenvalue weighted by molar-refractivity contribution is -0.244. The number of carbonyl (C=O) groups excluding carboxylic acids is 1. The van der Waals surface area contributed by atoms with Crippen LogP contribution in [0.3, 0.4) is 0 Å². The highest BCUT2D eigenvalue weighted by molar-refractivity contribution is 8.65. The van der Waals surface area contributed by atoms with E-state index in [1.54, 1.807) is 20.8 Å². The second-order valence-electron chi connectivity index (χ2n) is 7.79. The average Bonchev–Trinajstić information content (AvgIpc) is 2.73. The number of esters is 1. The molecule has 0 bridgehead atoms. The van der Waals surface area contributed by atoms with Crippen molar-refractivity contribution in [1.82, 2.24) is 0 Å². The molecule has 0 amide bonds. The van der Waals surface area contributed by atoms with Crippen molar-refractivity contribution in [3.05, 3.63) is 29.8 Å². The zero-order valence-electron chi connectivity index (χ0n) is 18.5. The van der Waals surface area contributed by atoms with E-state index in [2.05, 4.69) is 4.18 Å². The lowest BCUT2D eigenvalue weighted by atomic mass is 9.91. The Morgan fingerprint density at radius 2 is 1.36 bits per heavy atom. The van der Waals surface area contributed by atoms with Gasteiger partial charge in [0.05, 0.1) is 12.0 Å². The molecule has 1 N–H and O–H groups in total. The van der Waals surface area contributed by atoms with Gasteiger partial charge in [-0.25, -0.2) is 8.42 Å². The Kier molecular flexibility index (Phi) is 8.84. The van der Waals surface area contributed by atoms with Crippen LogP contribution < -0.4 is 4.18 Å². The maximum Gasteiger partial charge on any atom is 0.450 e. The number of alkyl halides is 6. The minimum absolute atomic E-state index is 0.0342. The summed E-state index contributed by atoms with van der Waals surface area (Å²) in [6.07, 6.45) is 0.510. The van der Waals surface area contributed by atoms with Gasteiger partial charge < -0.3 is 8.92 Å². The summed E-state index contributed by atoms with van der Waals surface area (Å²) in [6, 6.07) is 3.34.